The summed E-state index contributed by atoms with van der Waals surface area (Å²) in [5.74, 6) is -0.438. The van der Waals surface area contributed by atoms with E-state index in [4.69, 9.17) is 9.47 Å². The number of aryl methyl sites for hydroxylation is 2. The molecule has 3 heterocycles. The number of hydrogen-bond donors (Lipinski definition) is 2. The highest BCUT2D eigenvalue weighted by atomic mass is 32.1. The van der Waals surface area contributed by atoms with E-state index in [9.17, 15) is 9.59 Å². The van der Waals surface area contributed by atoms with Gasteiger partial charge in [-0.1, -0.05) is 114 Å². The lowest BCUT2D eigenvalue weighted by molar-refractivity contribution is 0.0945. The van der Waals surface area contributed by atoms with Crippen molar-refractivity contribution in [3.63, 3.8) is 0 Å². The van der Waals surface area contributed by atoms with Crippen molar-refractivity contribution in [2.24, 2.45) is 10.2 Å². The summed E-state index contributed by atoms with van der Waals surface area (Å²) in [5.41, 5.74) is 11.8. The predicted molar refractivity (Wildman–Crippen MR) is 253 cm³/mol. The van der Waals surface area contributed by atoms with Gasteiger partial charge in [0.25, 0.3) is 11.8 Å². The highest BCUT2D eigenvalue weighted by Crippen LogP contribution is 2.43. The third-order valence-corrected chi connectivity index (χ3v) is 12.4. The van der Waals surface area contributed by atoms with Gasteiger partial charge in [0, 0.05) is 56.7 Å². The summed E-state index contributed by atoms with van der Waals surface area (Å²) in [4.78, 5) is 28.4. The van der Waals surface area contributed by atoms with Crippen LogP contribution in [-0.4, -0.2) is 46.6 Å². The zero-order valence-corrected chi connectivity index (χ0v) is 36.8. The lowest BCUT2D eigenvalue weighted by atomic mass is 10.1. The second-order valence-corrected chi connectivity index (χ2v) is 16.4. The zero-order chi connectivity index (χ0) is 42.6. The third-order valence-electron chi connectivity index (χ3n) is 11.2. The van der Waals surface area contributed by atoms with E-state index in [-0.39, 0.29) is 21.3 Å². The quantitative estimate of drug-likeness (QED) is 0.0402. The van der Waals surface area contributed by atoms with Gasteiger partial charge in [0.05, 0.1) is 25.6 Å². The molecule has 11 heteroatoms. The first-order valence-electron chi connectivity index (χ1n) is 22.1. The number of nitrogens with one attached hydrogen (secondary N) is 2. The minimum Gasteiger partial charge on any atom is -0.488 e. The van der Waals surface area contributed by atoms with Crippen LogP contribution in [-0.2, 0) is 13.1 Å². The molecule has 4 aromatic carbocycles. The lowest BCUT2D eigenvalue weighted by Gasteiger charge is -2.12. The second kappa shape index (κ2) is 21.0. The molecule has 0 atom stereocenters. The first-order valence-corrected chi connectivity index (χ1v) is 22.9. The van der Waals surface area contributed by atoms with Crippen molar-refractivity contribution < 1.29 is 19.1 Å². The number of hydrogen-bond acceptors (Lipinski definition) is 7. The van der Waals surface area contributed by atoms with Crippen LogP contribution in [0.25, 0.3) is 43.6 Å². The molecule has 2 N–H and O–H groups in total. The first kappa shape index (κ1) is 43.2. The van der Waals surface area contributed by atoms with E-state index < -0.39 is 11.8 Å². The van der Waals surface area contributed by atoms with Gasteiger partial charge >= 0.3 is 0 Å². The van der Waals surface area contributed by atoms with Crippen molar-refractivity contribution in [2.45, 2.75) is 105 Å². The van der Waals surface area contributed by atoms with Gasteiger partial charge < -0.3 is 18.6 Å². The van der Waals surface area contributed by atoms with Gasteiger partial charge in [-0.25, -0.2) is 10.9 Å². The fourth-order valence-corrected chi connectivity index (χ4v) is 9.11. The van der Waals surface area contributed by atoms with Crippen molar-refractivity contribution >= 4 is 79.2 Å². The van der Waals surface area contributed by atoms with Crippen LogP contribution in [0.2, 0.25) is 0 Å². The molecule has 7 aromatic rings. The molecule has 318 valence electrons. The largest absolute Gasteiger partial charge is 0.488 e. The van der Waals surface area contributed by atoms with Gasteiger partial charge in [0.2, 0.25) is 0 Å². The molecule has 0 radical (unpaired) electrons. The fourth-order valence-electron chi connectivity index (χ4n) is 8.14. The lowest BCUT2D eigenvalue weighted by Crippen LogP contribution is -2.17. The SMILES string of the molecule is CCCCCCCOc1c(C(=O)N/N=C\c2ccc3c(c2)c2ccccc2n3CC)sc(C(=O)N/N=C\c2ccc3c(c2)c2ccccc2n3CC)c1OCCCCCCC. The van der Waals surface area contributed by atoms with E-state index >= 15 is 0 Å². The molecule has 0 bridgehead atoms. The normalized spacial score (nSPS) is 11.9. The molecule has 0 unspecified atom stereocenters. The van der Waals surface area contributed by atoms with Crippen LogP contribution in [0.4, 0.5) is 0 Å². The number of para-hydroxylation sites is 2. The topological polar surface area (TPSA) is 111 Å². The number of fused-ring (bicyclic) bond motifs is 6. The highest BCUT2D eigenvalue weighted by molar-refractivity contribution is 7.16. The number of unbranched alkanes of at least 4 members (excludes halogenated alkanes) is 8. The minimum absolute atomic E-state index is 0.222. The Labute approximate surface area is 362 Å². The number of ether oxygens (including phenoxy) is 2. The molecule has 61 heavy (non-hydrogen) atoms. The number of amides is 2. The van der Waals surface area contributed by atoms with E-state index in [1.807, 2.05) is 24.3 Å². The third kappa shape index (κ3) is 9.83. The van der Waals surface area contributed by atoms with Crippen LogP contribution < -0.4 is 20.3 Å². The Morgan fingerprint density at radius 1 is 0.541 bits per heavy atom. The Bertz CT molecular complexity index is 2490. The number of hydrazone groups is 2. The van der Waals surface area contributed by atoms with Gasteiger partial charge in [0.1, 0.15) is 9.75 Å². The molecule has 3 aromatic heterocycles. The monoisotopic (exact) mass is 838 g/mol. The number of benzene rings is 4. The predicted octanol–water partition coefficient (Wildman–Crippen LogP) is 12.2. The molecule has 0 saturated carbocycles. The molecule has 0 aliphatic heterocycles. The molecular weight excluding hydrogens is 781 g/mol. The van der Waals surface area contributed by atoms with Gasteiger partial charge in [-0.2, -0.15) is 10.2 Å². The Balaban J connectivity index is 1.14. The standard InChI is InChI=1S/C50H58N6O4S/c1-5-9-11-13-19-29-59-45-46(60-30-20-14-12-10-6-2)48(50(58)54-52-34-36-26-28-44-40(32-36)38-22-16-18-24-42(38)56(44)8-4)61-47(45)49(57)53-51-33-35-25-27-43-39(31-35)37-21-15-17-23-41(37)55(43)7-3/h15-18,21-28,31-34H,5-14,19-20,29-30H2,1-4H3,(H,53,57)(H,54,58)/b51-33-,52-34-. The van der Waals surface area contributed by atoms with Crippen molar-refractivity contribution in [1.29, 1.82) is 0 Å². The molecule has 2 amide bonds. The summed E-state index contributed by atoms with van der Waals surface area (Å²) in [6, 6.07) is 29.1. The maximum absolute atomic E-state index is 14.0. The summed E-state index contributed by atoms with van der Waals surface area (Å²) >= 11 is 1.03. The van der Waals surface area contributed by atoms with Gasteiger partial charge in [0.15, 0.2) is 11.5 Å². The molecule has 0 fully saturated rings. The van der Waals surface area contributed by atoms with Crippen molar-refractivity contribution in [3.05, 3.63) is 106 Å². The zero-order valence-electron chi connectivity index (χ0n) is 36.0. The van der Waals surface area contributed by atoms with Crippen LogP contribution in [0.5, 0.6) is 11.5 Å². The maximum Gasteiger partial charge on any atom is 0.285 e. The number of thiophene rings is 1. The Morgan fingerprint density at radius 3 is 1.38 bits per heavy atom. The van der Waals surface area contributed by atoms with Gasteiger partial charge in [-0.3, -0.25) is 9.59 Å². The average molecular weight is 839 g/mol. The summed E-state index contributed by atoms with van der Waals surface area (Å²) in [5, 5.41) is 13.3. The number of carbonyl (C=O) groups excluding carboxylic acids is 2. The van der Waals surface area contributed by atoms with E-state index in [0.717, 1.165) is 122 Å². The molecule has 0 aliphatic carbocycles. The van der Waals surface area contributed by atoms with E-state index in [2.05, 4.69) is 119 Å². The molecule has 0 saturated heterocycles. The highest BCUT2D eigenvalue weighted by Gasteiger charge is 2.30. The Hall–Kier alpha value is -5.94. The Morgan fingerprint density at radius 2 is 0.951 bits per heavy atom. The number of rotatable bonds is 22. The molecule has 0 aliphatic rings. The van der Waals surface area contributed by atoms with Gasteiger partial charge in [-0.05, 0) is 74.2 Å². The van der Waals surface area contributed by atoms with Crippen LogP contribution in [0.1, 0.15) is 122 Å². The van der Waals surface area contributed by atoms with Gasteiger partial charge in [-0.15, -0.1) is 11.3 Å². The maximum atomic E-state index is 14.0. The van der Waals surface area contributed by atoms with E-state index in [1.165, 1.54) is 21.8 Å². The number of aromatic nitrogens is 2. The van der Waals surface area contributed by atoms with E-state index in [0.29, 0.717) is 13.2 Å². The summed E-state index contributed by atoms with van der Waals surface area (Å²) in [6.45, 7) is 11.2. The molecule has 10 nitrogen and oxygen atoms in total. The fraction of sp³-hybridized carbons (Fsp3) is 0.360. The summed E-state index contributed by atoms with van der Waals surface area (Å²) < 4.78 is 17.3. The van der Waals surface area contributed by atoms with Crippen molar-refractivity contribution in [3.8, 4) is 11.5 Å². The second-order valence-electron chi connectivity index (χ2n) is 15.4. The smallest absolute Gasteiger partial charge is 0.285 e. The molecule has 0 spiro atoms. The summed E-state index contributed by atoms with van der Waals surface area (Å²) in [6.07, 6.45) is 13.7. The van der Waals surface area contributed by atoms with Crippen molar-refractivity contribution in [2.75, 3.05) is 13.2 Å². The molecular formula is C50H58N6O4S. The van der Waals surface area contributed by atoms with E-state index in [1.54, 1.807) is 12.4 Å². The number of carbonyl (C=O) groups is 2. The number of nitrogens with zero attached hydrogens (tertiary/aromatic N) is 4. The minimum atomic E-state index is -0.485. The average Bonchev–Trinajstić information content (AvgIpc) is 3.92. The molecule has 7 rings (SSSR count). The Kier molecular flexibility index (Phi) is 14.9. The van der Waals surface area contributed by atoms with Crippen LogP contribution in [0, 0.1) is 0 Å². The van der Waals surface area contributed by atoms with Crippen LogP contribution in [0.15, 0.2) is 95.1 Å². The first-order chi connectivity index (χ1) is 30.0. The van der Waals surface area contributed by atoms with Crippen molar-refractivity contribution in [1.82, 2.24) is 20.0 Å². The van der Waals surface area contributed by atoms with Crippen LogP contribution >= 0.6 is 11.3 Å². The van der Waals surface area contributed by atoms with Crippen LogP contribution in [0.3, 0.4) is 0 Å². The summed E-state index contributed by atoms with van der Waals surface area (Å²) in [7, 11) is 0.